The maximum atomic E-state index is 9.68. The second kappa shape index (κ2) is 4.83. The number of nitriles is 1. The number of rotatable bonds is 2. The van der Waals surface area contributed by atoms with Crippen LogP contribution in [0.3, 0.4) is 0 Å². The van der Waals surface area contributed by atoms with Gasteiger partial charge in [-0.05, 0) is 42.0 Å². The molecule has 0 saturated carbocycles. The van der Waals surface area contributed by atoms with Crippen LogP contribution in [0.5, 0.6) is 0 Å². The van der Waals surface area contributed by atoms with Crippen molar-refractivity contribution in [3.8, 4) is 6.07 Å². The van der Waals surface area contributed by atoms with Gasteiger partial charge in [-0.2, -0.15) is 5.26 Å². The van der Waals surface area contributed by atoms with Crippen molar-refractivity contribution in [2.45, 2.75) is 19.3 Å². The molecule has 2 aromatic carbocycles. The third-order valence-corrected chi connectivity index (χ3v) is 4.67. The van der Waals surface area contributed by atoms with Crippen LogP contribution in [-0.4, -0.2) is 0 Å². The zero-order valence-corrected chi connectivity index (χ0v) is 12.2. The van der Waals surface area contributed by atoms with Crippen molar-refractivity contribution in [3.05, 3.63) is 69.7 Å². The van der Waals surface area contributed by atoms with E-state index in [0.717, 1.165) is 23.7 Å². The van der Waals surface area contributed by atoms with Gasteiger partial charge in [-0.3, -0.25) is 0 Å². The molecule has 0 bridgehead atoms. The van der Waals surface area contributed by atoms with Gasteiger partial charge in [0.05, 0.1) is 11.5 Å². The Bertz CT molecular complexity index is 629. The lowest BCUT2D eigenvalue weighted by Crippen LogP contribution is -2.22. The van der Waals surface area contributed by atoms with Gasteiger partial charge in [-0.25, -0.2) is 0 Å². The van der Waals surface area contributed by atoms with E-state index in [4.69, 9.17) is 0 Å². The van der Waals surface area contributed by atoms with Crippen molar-refractivity contribution < 1.29 is 0 Å². The van der Waals surface area contributed by atoms with Crippen LogP contribution >= 0.6 is 15.9 Å². The molecular weight excluding hydrogens is 298 g/mol. The molecule has 0 heterocycles. The number of hydrogen-bond acceptors (Lipinski definition) is 1. The Hall–Kier alpha value is -1.59. The highest BCUT2D eigenvalue weighted by Crippen LogP contribution is 2.40. The van der Waals surface area contributed by atoms with E-state index in [2.05, 4.69) is 52.3 Å². The Balaban J connectivity index is 1.92. The van der Waals surface area contributed by atoms with E-state index in [1.807, 2.05) is 18.2 Å². The molecule has 2 aromatic rings. The van der Waals surface area contributed by atoms with E-state index in [0.29, 0.717) is 0 Å². The van der Waals surface area contributed by atoms with E-state index in [1.54, 1.807) is 0 Å². The van der Waals surface area contributed by atoms with Gasteiger partial charge in [-0.15, -0.1) is 0 Å². The Morgan fingerprint density at radius 3 is 2.16 bits per heavy atom. The Kier molecular flexibility index (Phi) is 3.16. The first-order valence-electron chi connectivity index (χ1n) is 6.44. The first-order chi connectivity index (χ1) is 9.22. The lowest BCUT2D eigenvalue weighted by Gasteiger charge is -2.21. The smallest absolute Gasteiger partial charge is 0.0700 e. The number of halogens is 1. The Morgan fingerprint density at radius 2 is 1.58 bits per heavy atom. The van der Waals surface area contributed by atoms with E-state index < -0.39 is 0 Å². The van der Waals surface area contributed by atoms with Crippen LogP contribution < -0.4 is 0 Å². The summed E-state index contributed by atoms with van der Waals surface area (Å²) in [6.07, 6.45) is 2.53. The maximum absolute atomic E-state index is 9.68. The van der Waals surface area contributed by atoms with Crippen LogP contribution in [0.15, 0.2) is 53.0 Å². The van der Waals surface area contributed by atoms with Crippen molar-refractivity contribution in [3.63, 3.8) is 0 Å². The van der Waals surface area contributed by atoms with Gasteiger partial charge in [0.2, 0.25) is 0 Å². The van der Waals surface area contributed by atoms with Gasteiger partial charge in [0.15, 0.2) is 0 Å². The van der Waals surface area contributed by atoms with Gasteiger partial charge in [0, 0.05) is 4.47 Å². The second-order valence-electron chi connectivity index (χ2n) is 5.28. The Morgan fingerprint density at radius 1 is 1.00 bits per heavy atom. The van der Waals surface area contributed by atoms with Crippen molar-refractivity contribution in [1.82, 2.24) is 0 Å². The quantitative estimate of drug-likeness (QED) is 0.811. The fourth-order valence-corrected chi connectivity index (χ4v) is 3.37. The molecular formula is C17H14BrN. The fraction of sp³-hybridized carbons (Fsp3) is 0.235. The molecule has 0 radical (unpaired) electrons. The summed E-state index contributed by atoms with van der Waals surface area (Å²) in [6.45, 7) is 0. The molecule has 1 aliphatic rings. The number of hydrogen-bond donors (Lipinski definition) is 0. The summed E-state index contributed by atoms with van der Waals surface area (Å²) in [5, 5.41) is 9.68. The van der Waals surface area contributed by atoms with Crippen LogP contribution in [0.4, 0.5) is 0 Å². The molecule has 0 unspecified atom stereocenters. The van der Waals surface area contributed by atoms with Gasteiger partial charge < -0.3 is 0 Å². The zero-order chi connectivity index (χ0) is 13.3. The van der Waals surface area contributed by atoms with Crippen LogP contribution in [-0.2, 0) is 19.3 Å². The van der Waals surface area contributed by atoms with Crippen molar-refractivity contribution in [2.24, 2.45) is 5.41 Å². The van der Waals surface area contributed by atoms with E-state index in [-0.39, 0.29) is 5.41 Å². The highest BCUT2D eigenvalue weighted by atomic mass is 79.9. The molecule has 19 heavy (non-hydrogen) atoms. The van der Waals surface area contributed by atoms with Gasteiger partial charge >= 0.3 is 0 Å². The molecule has 0 aliphatic heterocycles. The molecule has 3 rings (SSSR count). The molecule has 94 valence electrons. The topological polar surface area (TPSA) is 23.8 Å². The minimum atomic E-state index is -0.284. The highest BCUT2D eigenvalue weighted by molar-refractivity contribution is 9.10. The summed E-state index contributed by atoms with van der Waals surface area (Å²) >= 11 is 3.58. The van der Waals surface area contributed by atoms with Gasteiger partial charge in [0.25, 0.3) is 0 Å². The van der Waals surface area contributed by atoms with Crippen LogP contribution in [0.2, 0.25) is 0 Å². The molecule has 0 atom stereocenters. The third kappa shape index (κ3) is 2.31. The molecule has 0 aromatic heterocycles. The zero-order valence-electron chi connectivity index (χ0n) is 10.6. The van der Waals surface area contributed by atoms with Crippen LogP contribution in [0.25, 0.3) is 0 Å². The first kappa shape index (κ1) is 12.4. The van der Waals surface area contributed by atoms with Crippen molar-refractivity contribution in [2.75, 3.05) is 0 Å². The van der Waals surface area contributed by atoms with Crippen molar-refractivity contribution in [1.29, 1.82) is 5.26 Å². The van der Waals surface area contributed by atoms with Gasteiger partial charge in [0.1, 0.15) is 0 Å². The summed E-state index contributed by atoms with van der Waals surface area (Å²) in [5.41, 5.74) is 3.59. The molecule has 0 saturated heterocycles. The average Bonchev–Trinajstić information content (AvgIpc) is 2.80. The molecule has 2 heteroatoms. The minimum Gasteiger partial charge on any atom is -0.198 e. The SMILES string of the molecule is N#CC1(Cc2ccccc2Br)Cc2ccccc2C1. The van der Waals surface area contributed by atoms with Gasteiger partial charge in [-0.1, -0.05) is 58.4 Å². The van der Waals surface area contributed by atoms with E-state index >= 15 is 0 Å². The molecule has 0 fully saturated rings. The molecule has 0 spiro atoms. The average molecular weight is 312 g/mol. The van der Waals surface area contributed by atoms with E-state index in [9.17, 15) is 5.26 Å². The molecule has 0 amide bonds. The highest BCUT2D eigenvalue weighted by Gasteiger charge is 2.37. The second-order valence-corrected chi connectivity index (χ2v) is 6.14. The lowest BCUT2D eigenvalue weighted by atomic mass is 9.80. The number of fused-ring (bicyclic) bond motifs is 1. The predicted octanol–water partition coefficient (Wildman–Crippen LogP) is 4.30. The predicted molar refractivity (Wildman–Crippen MR) is 79.7 cm³/mol. The summed E-state index contributed by atoms with van der Waals surface area (Å²) in [6, 6.07) is 19.2. The standard InChI is InChI=1S/C17H14BrN/c18-16-8-4-3-7-15(16)11-17(12-19)9-13-5-1-2-6-14(13)10-17/h1-8H,9-11H2. The normalized spacial score (nSPS) is 15.8. The monoisotopic (exact) mass is 311 g/mol. The Labute approximate surface area is 122 Å². The summed E-state index contributed by atoms with van der Waals surface area (Å²) < 4.78 is 1.10. The number of nitrogens with zero attached hydrogens (tertiary/aromatic N) is 1. The van der Waals surface area contributed by atoms with E-state index in [1.165, 1.54) is 16.7 Å². The molecule has 1 nitrogen and oxygen atoms in total. The maximum Gasteiger partial charge on any atom is 0.0700 e. The van der Waals surface area contributed by atoms with Crippen LogP contribution in [0, 0.1) is 16.7 Å². The summed E-state index contributed by atoms with van der Waals surface area (Å²) in [7, 11) is 0. The number of benzene rings is 2. The van der Waals surface area contributed by atoms with Crippen LogP contribution in [0.1, 0.15) is 16.7 Å². The minimum absolute atomic E-state index is 0.284. The third-order valence-electron chi connectivity index (χ3n) is 3.90. The largest absolute Gasteiger partial charge is 0.198 e. The molecule has 1 aliphatic carbocycles. The lowest BCUT2D eigenvalue weighted by molar-refractivity contribution is 0.417. The summed E-state index contributed by atoms with van der Waals surface area (Å²) in [4.78, 5) is 0. The molecule has 0 N–H and O–H groups in total. The summed E-state index contributed by atoms with van der Waals surface area (Å²) in [5.74, 6) is 0. The fourth-order valence-electron chi connectivity index (χ4n) is 2.94. The first-order valence-corrected chi connectivity index (χ1v) is 7.23. The van der Waals surface area contributed by atoms with Crippen molar-refractivity contribution >= 4 is 15.9 Å².